The molecule has 0 unspecified atom stereocenters. The molecule has 3 aliphatic rings. The van der Waals surface area contributed by atoms with Crippen molar-refractivity contribution in [2.24, 2.45) is 0 Å². The minimum Gasteiger partial charge on any atom is -0.493 e. The number of rotatable bonds is 5. The van der Waals surface area contributed by atoms with Crippen molar-refractivity contribution in [1.82, 2.24) is 4.90 Å². The molecule has 31 heavy (non-hydrogen) atoms. The molecule has 5 rings (SSSR count). The highest BCUT2D eigenvalue weighted by Gasteiger charge is 2.25. The van der Waals surface area contributed by atoms with Crippen LogP contribution in [0.15, 0.2) is 42.5 Å². The SMILES string of the molecule is CC(=O)N1CCOc2c(C3=CCN(CCCc4cccc5c4OCC5)CC3)cccc21. The first-order valence-corrected chi connectivity index (χ1v) is 11.4. The number of benzene rings is 2. The lowest BCUT2D eigenvalue weighted by atomic mass is 9.96. The molecule has 0 atom stereocenters. The maximum Gasteiger partial charge on any atom is 0.224 e. The van der Waals surface area contributed by atoms with Crippen LogP contribution in [-0.2, 0) is 17.6 Å². The molecule has 0 aromatic heterocycles. The zero-order chi connectivity index (χ0) is 21.2. The van der Waals surface area contributed by atoms with Gasteiger partial charge in [-0.1, -0.05) is 36.4 Å². The molecule has 3 aliphatic heterocycles. The quantitative estimate of drug-likeness (QED) is 0.734. The van der Waals surface area contributed by atoms with Crippen LogP contribution in [-0.4, -0.2) is 50.2 Å². The van der Waals surface area contributed by atoms with Gasteiger partial charge in [-0.05, 0) is 48.6 Å². The minimum absolute atomic E-state index is 0.0694. The Morgan fingerprint density at radius 2 is 1.87 bits per heavy atom. The van der Waals surface area contributed by atoms with Crippen molar-refractivity contribution in [2.45, 2.75) is 32.6 Å². The summed E-state index contributed by atoms with van der Waals surface area (Å²) < 4.78 is 11.8. The standard InChI is InChI=1S/C26H30N2O3/c1-19(29)28-16-18-31-26-23(8-3-9-24(26)28)20-10-14-27(15-11-20)13-4-7-21-5-2-6-22-12-17-30-25(21)22/h2-3,5-6,8-10H,4,7,11-18H2,1H3. The Hall–Kier alpha value is -2.79. The number of hydrogen-bond donors (Lipinski definition) is 0. The molecule has 0 saturated heterocycles. The number of fused-ring (bicyclic) bond motifs is 2. The highest BCUT2D eigenvalue weighted by molar-refractivity contribution is 5.95. The predicted molar refractivity (Wildman–Crippen MR) is 123 cm³/mol. The summed E-state index contributed by atoms with van der Waals surface area (Å²) in [7, 11) is 0. The van der Waals surface area contributed by atoms with Gasteiger partial charge in [-0.2, -0.15) is 0 Å². The van der Waals surface area contributed by atoms with Crippen molar-refractivity contribution in [3.8, 4) is 11.5 Å². The van der Waals surface area contributed by atoms with Gasteiger partial charge in [0.15, 0.2) is 5.75 Å². The first-order chi connectivity index (χ1) is 15.2. The lowest BCUT2D eigenvalue weighted by molar-refractivity contribution is -0.116. The maximum atomic E-state index is 12.0. The largest absolute Gasteiger partial charge is 0.493 e. The minimum atomic E-state index is 0.0694. The van der Waals surface area contributed by atoms with Crippen molar-refractivity contribution in [3.63, 3.8) is 0 Å². The lowest BCUT2D eigenvalue weighted by Gasteiger charge is -2.32. The van der Waals surface area contributed by atoms with E-state index in [1.807, 2.05) is 17.0 Å². The summed E-state index contributed by atoms with van der Waals surface area (Å²) >= 11 is 0. The van der Waals surface area contributed by atoms with Gasteiger partial charge in [0, 0.05) is 32.0 Å². The first-order valence-electron chi connectivity index (χ1n) is 11.4. The predicted octanol–water partition coefficient (Wildman–Crippen LogP) is 4.09. The van der Waals surface area contributed by atoms with Crippen LogP contribution in [0.4, 0.5) is 5.69 Å². The number of ether oxygens (including phenoxy) is 2. The number of carbonyl (C=O) groups excluding carboxylic acids is 1. The van der Waals surface area contributed by atoms with Gasteiger partial charge in [-0.3, -0.25) is 9.69 Å². The Balaban J connectivity index is 1.22. The van der Waals surface area contributed by atoms with E-state index >= 15 is 0 Å². The highest BCUT2D eigenvalue weighted by atomic mass is 16.5. The fourth-order valence-electron chi connectivity index (χ4n) is 4.96. The van der Waals surface area contributed by atoms with Gasteiger partial charge in [-0.15, -0.1) is 0 Å². The third kappa shape index (κ3) is 4.07. The van der Waals surface area contributed by atoms with Crippen molar-refractivity contribution in [3.05, 3.63) is 59.2 Å². The molecule has 5 heteroatoms. The van der Waals surface area contributed by atoms with Crippen LogP contribution in [0.2, 0.25) is 0 Å². The van der Waals surface area contributed by atoms with Crippen molar-refractivity contribution in [2.75, 3.05) is 44.3 Å². The molecular formula is C26H30N2O3. The Bertz CT molecular complexity index is 1010. The van der Waals surface area contributed by atoms with Crippen LogP contribution >= 0.6 is 0 Å². The second kappa shape index (κ2) is 8.75. The van der Waals surface area contributed by atoms with Crippen molar-refractivity contribution >= 4 is 17.2 Å². The third-order valence-electron chi connectivity index (χ3n) is 6.58. The summed E-state index contributed by atoms with van der Waals surface area (Å²) in [5.41, 5.74) is 6.08. The van der Waals surface area contributed by atoms with E-state index in [9.17, 15) is 4.79 Å². The van der Waals surface area contributed by atoms with Crippen molar-refractivity contribution < 1.29 is 14.3 Å². The van der Waals surface area contributed by atoms with E-state index in [-0.39, 0.29) is 5.91 Å². The summed E-state index contributed by atoms with van der Waals surface area (Å²) in [4.78, 5) is 16.3. The van der Waals surface area contributed by atoms with E-state index in [0.717, 1.165) is 74.7 Å². The molecule has 0 radical (unpaired) electrons. The Labute approximate surface area is 184 Å². The van der Waals surface area contributed by atoms with Crippen LogP contribution in [0.3, 0.4) is 0 Å². The maximum absolute atomic E-state index is 12.0. The number of amides is 1. The van der Waals surface area contributed by atoms with Gasteiger partial charge >= 0.3 is 0 Å². The van der Waals surface area contributed by atoms with Gasteiger partial charge in [-0.25, -0.2) is 0 Å². The molecule has 2 aromatic carbocycles. The molecule has 3 heterocycles. The van der Waals surface area contributed by atoms with E-state index in [1.54, 1.807) is 6.92 Å². The normalized spacial score (nSPS) is 18.0. The van der Waals surface area contributed by atoms with Crippen molar-refractivity contribution in [1.29, 1.82) is 0 Å². The molecule has 0 bridgehead atoms. The summed E-state index contributed by atoms with van der Waals surface area (Å²) in [6.07, 6.45) is 6.58. The molecule has 5 nitrogen and oxygen atoms in total. The second-order valence-electron chi connectivity index (χ2n) is 8.56. The van der Waals surface area contributed by atoms with E-state index in [1.165, 1.54) is 16.7 Å². The number of nitrogens with zero attached hydrogens (tertiary/aromatic N) is 2. The molecule has 0 saturated carbocycles. The first kappa shape index (κ1) is 20.1. The number of hydrogen-bond acceptors (Lipinski definition) is 4. The van der Waals surface area contributed by atoms with E-state index in [2.05, 4.69) is 35.2 Å². The van der Waals surface area contributed by atoms with Crippen LogP contribution in [0.5, 0.6) is 11.5 Å². The summed E-state index contributed by atoms with van der Waals surface area (Å²) in [5.74, 6) is 2.07. The van der Waals surface area contributed by atoms with E-state index in [4.69, 9.17) is 9.47 Å². The van der Waals surface area contributed by atoms with E-state index in [0.29, 0.717) is 13.2 Å². The zero-order valence-corrected chi connectivity index (χ0v) is 18.2. The van der Waals surface area contributed by atoms with E-state index < -0.39 is 0 Å². The fourth-order valence-corrected chi connectivity index (χ4v) is 4.96. The molecule has 2 aromatic rings. The lowest BCUT2D eigenvalue weighted by Crippen LogP contribution is -2.36. The van der Waals surface area contributed by atoms with Gasteiger partial charge < -0.3 is 14.4 Å². The van der Waals surface area contributed by atoms with Gasteiger partial charge in [0.25, 0.3) is 0 Å². The van der Waals surface area contributed by atoms with Crippen LogP contribution in [0, 0.1) is 0 Å². The molecular weight excluding hydrogens is 388 g/mol. The average Bonchev–Trinajstić information content (AvgIpc) is 3.28. The number of anilines is 1. The summed E-state index contributed by atoms with van der Waals surface area (Å²) in [6.45, 7) is 6.71. The van der Waals surface area contributed by atoms with Gasteiger partial charge in [0.2, 0.25) is 5.91 Å². The molecule has 0 N–H and O–H groups in total. The second-order valence-corrected chi connectivity index (χ2v) is 8.56. The number of carbonyl (C=O) groups is 1. The highest BCUT2D eigenvalue weighted by Crippen LogP contribution is 2.40. The zero-order valence-electron chi connectivity index (χ0n) is 18.2. The average molecular weight is 419 g/mol. The molecule has 0 fully saturated rings. The molecule has 162 valence electrons. The van der Waals surface area contributed by atoms with Gasteiger partial charge in [0.1, 0.15) is 12.4 Å². The Morgan fingerprint density at radius 1 is 1.00 bits per heavy atom. The Kier molecular flexibility index (Phi) is 5.68. The van der Waals surface area contributed by atoms with Gasteiger partial charge in [0.05, 0.1) is 18.8 Å². The topological polar surface area (TPSA) is 42.0 Å². The van der Waals surface area contributed by atoms with Crippen LogP contribution < -0.4 is 14.4 Å². The van der Waals surface area contributed by atoms with Crippen LogP contribution in [0.1, 0.15) is 36.5 Å². The Morgan fingerprint density at radius 3 is 2.71 bits per heavy atom. The third-order valence-corrected chi connectivity index (χ3v) is 6.58. The summed E-state index contributed by atoms with van der Waals surface area (Å²) in [5, 5.41) is 0. The summed E-state index contributed by atoms with van der Waals surface area (Å²) in [6, 6.07) is 12.7. The molecule has 1 amide bonds. The van der Waals surface area contributed by atoms with Crippen LogP contribution in [0.25, 0.3) is 5.57 Å². The molecule has 0 spiro atoms. The fraction of sp³-hybridized carbons (Fsp3) is 0.423. The smallest absolute Gasteiger partial charge is 0.224 e. The molecule has 0 aliphatic carbocycles. The monoisotopic (exact) mass is 418 g/mol. The number of aryl methyl sites for hydroxylation is 1. The number of para-hydroxylation sites is 2.